The van der Waals surface area contributed by atoms with Crippen molar-refractivity contribution in [2.75, 3.05) is 7.11 Å². The number of cyclic esters (lactones) is 1. The molecule has 0 saturated heterocycles. The normalized spacial score (nSPS) is 18.2. The van der Waals surface area contributed by atoms with E-state index in [0.29, 0.717) is 0 Å². The lowest BCUT2D eigenvalue weighted by Crippen LogP contribution is -1.99. The van der Waals surface area contributed by atoms with Crippen molar-refractivity contribution in [2.45, 2.75) is 13.2 Å². The summed E-state index contributed by atoms with van der Waals surface area (Å²) in [5.74, 6) is -1.90. The Morgan fingerprint density at radius 3 is 2.50 bits per heavy atom. The monoisotopic (exact) mass is 226 g/mol. The molecule has 3 N–H and O–H groups in total. The van der Waals surface area contributed by atoms with Crippen molar-refractivity contribution < 1.29 is 29.6 Å². The van der Waals surface area contributed by atoms with Gasteiger partial charge in [0.15, 0.2) is 11.5 Å². The Morgan fingerprint density at radius 1 is 1.31 bits per heavy atom. The zero-order chi connectivity index (χ0) is 12.0. The molecule has 1 aliphatic rings. The molecule has 0 aromatic heterocycles. The first-order valence-electron chi connectivity index (χ1n) is 4.50. The van der Waals surface area contributed by atoms with Gasteiger partial charge in [-0.15, -0.1) is 0 Å². The van der Waals surface area contributed by atoms with Gasteiger partial charge in [-0.1, -0.05) is 0 Å². The van der Waals surface area contributed by atoms with Gasteiger partial charge in [-0.2, -0.15) is 0 Å². The Kier molecular flexibility index (Phi) is 2.16. The molecular formula is C10H10O6. The number of carbonyl (C=O) groups excluding carboxylic acids is 1. The van der Waals surface area contributed by atoms with Crippen molar-refractivity contribution in [3.8, 4) is 17.2 Å². The number of aliphatic hydroxyl groups excluding tert-OH is 1. The van der Waals surface area contributed by atoms with Gasteiger partial charge in [0.05, 0.1) is 7.11 Å². The van der Waals surface area contributed by atoms with Crippen LogP contribution < -0.4 is 4.74 Å². The van der Waals surface area contributed by atoms with Gasteiger partial charge in [-0.3, -0.25) is 0 Å². The standard InChI is InChI=1S/C10H10O6/c1-3-4-5(10(14)16-9(4)13)7(12)8(15-2)6(3)11/h9,11-13H,1-2H3/t9-/m1/s1. The number of ether oxygens (including phenoxy) is 2. The van der Waals surface area contributed by atoms with E-state index in [2.05, 4.69) is 4.74 Å². The molecule has 1 heterocycles. The lowest BCUT2D eigenvalue weighted by molar-refractivity contribution is -0.0551. The first-order chi connectivity index (χ1) is 7.49. The molecule has 0 spiro atoms. The zero-order valence-electron chi connectivity index (χ0n) is 8.64. The van der Waals surface area contributed by atoms with E-state index in [0.717, 1.165) is 0 Å². The summed E-state index contributed by atoms with van der Waals surface area (Å²) >= 11 is 0. The molecule has 1 atom stereocenters. The second-order valence-electron chi connectivity index (χ2n) is 3.40. The minimum absolute atomic E-state index is 0.0702. The summed E-state index contributed by atoms with van der Waals surface area (Å²) in [6.45, 7) is 1.49. The number of benzene rings is 1. The van der Waals surface area contributed by atoms with Gasteiger partial charge in [0.25, 0.3) is 0 Å². The van der Waals surface area contributed by atoms with Crippen LogP contribution >= 0.6 is 0 Å². The van der Waals surface area contributed by atoms with Crippen molar-refractivity contribution in [1.82, 2.24) is 0 Å². The largest absolute Gasteiger partial charge is 0.504 e. The van der Waals surface area contributed by atoms with Crippen LogP contribution in [-0.2, 0) is 4.74 Å². The number of hydrogen-bond donors (Lipinski definition) is 3. The van der Waals surface area contributed by atoms with Gasteiger partial charge in [-0.25, -0.2) is 4.79 Å². The molecule has 0 aliphatic carbocycles. The van der Waals surface area contributed by atoms with Crippen LogP contribution in [0.25, 0.3) is 0 Å². The summed E-state index contributed by atoms with van der Waals surface area (Å²) in [7, 11) is 1.25. The Bertz CT molecular complexity index is 479. The minimum Gasteiger partial charge on any atom is -0.504 e. The quantitative estimate of drug-likeness (QED) is 0.606. The molecule has 2 rings (SSSR count). The number of methoxy groups -OCH3 is 1. The number of aliphatic hydroxyl groups is 1. The number of phenols is 2. The Labute approximate surface area is 90.7 Å². The van der Waals surface area contributed by atoms with Gasteiger partial charge < -0.3 is 24.8 Å². The van der Waals surface area contributed by atoms with Crippen molar-refractivity contribution >= 4 is 5.97 Å². The predicted molar refractivity (Wildman–Crippen MR) is 51.4 cm³/mol. The highest BCUT2D eigenvalue weighted by atomic mass is 16.6. The third-order valence-corrected chi connectivity index (χ3v) is 2.57. The van der Waals surface area contributed by atoms with Crippen LogP contribution in [0.1, 0.15) is 27.8 Å². The van der Waals surface area contributed by atoms with Crippen LogP contribution in [0.3, 0.4) is 0 Å². The molecule has 0 fully saturated rings. The van der Waals surface area contributed by atoms with Gasteiger partial charge >= 0.3 is 5.97 Å². The van der Waals surface area contributed by atoms with E-state index in [1.54, 1.807) is 0 Å². The predicted octanol–water partition coefficient (Wildman–Crippen LogP) is 0.576. The first kappa shape index (κ1) is 10.6. The smallest absolute Gasteiger partial charge is 0.345 e. The molecule has 1 aromatic rings. The van der Waals surface area contributed by atoms with Crippen LogP contribution in [0, 0.1) is 6.92 Å². The highest BCUT2D eigenvalue weighted by molar-refractivity contribution is 5.99. The number of hydrogen-bond acceptors (Lipinski definition) is 6. The first-order valence-corrected chi connectivity index (χ1v) is 4.50. The number of phenolic OH excluding ortho intramolecular Hbond substituents is 2. The van der Waals surface area contributed by atoms with Crippen LogP contribution in [-0.4, -0.2) is 28.4 Å². The van der Waals surface area contributed by atoms with E-state index in [-0.39, 0.29) is 28.2 Å². The summed E-state index contributed by atoms with van der Waals surface area (Å²) in [6, 6.07) is 0. The number of carbonyl (C=O) groups is 1. The maximum absolute atomic E-state index is 11.3. The zero-order valence-corrected chi connectivity index (χ0v) is 8.64. The third kappa shape index (κ3) is 1.13. The number of fused-ring (bicyclic) bond motifs is 1. The maximum atomic E-state index is 11.3. The van der Waals surface area contributed by atoms with Crippen LogP contribution in [0.15, 0.2) is 0 Å². The average molecular weight is 226 g/mol. The molecule has 0 bridgehead atoms. The molecule has 0 saturated carbocycles. The Morgan fingerprint density at radius 2 is 1.94 bits per heavy atom. The number of aromatic hydroxyl groups is 2. The van der Waals surface area contributed by atoms with Gasteiger partial charge in [-0.05, 0) is 6.92 Å². The highest BCUT2D eigenvalue weighted by Crippen LogP contribution is 2.48. The van der Waals surface area contributed by atoms with E-state index >= 15 is 0 Å². The third-order valence-electron chi connectivity index (χ3n) is 2.57. The molecular weight excluding hydrogens is 216 g/mol. The summed E-state index contributed by atoms with van der Waals surface area (Å²) in [5, 5.41) is 28.8. The van der Waals surface area contributed by atoms with Gasteiger partial charge in [0.2, 0.25) is 12.0 Å². The van der Waals surface area contributed by atoms with E-state index < -0.39 is 18.0 Å². The lowest BCUT2D eigenvalue weighted by Gasteiger charge is -2.12. The molecule has 86 valence electrons. The summed E-state index contributed by atoms with van der Waals surface area (Å²) in [6.07, 6.45) is -1.47. The maximum Gasteiger partial charge on any atom is 0.345 e. The lowest BCUT2D eigenvalue weighted by atomic mass is 10.0. The number of rotatable bonds is 1. The van der Waals surface area contributed by atoms with Crippen LogP contribution in [0.2, 0.25) is 0 Å². The van der Waals surface area contributed by atoms with Gasteiger partial charge in [0, 0.05) is 11.1 Å². The molecule has 0 unspecified atom stereocenters. The second kappa shape index (κ2) is 3.28. The van der Waals surface area contributed by atoms with E-state index in [1.807, 2.05) is 0 Å². The van der Waals surface area contributed by atoms with Crippen molar-refractivity contribution in [2.24, 2.45) is 0 Å². The minimum atomic E-state index is -1.47. The fraction of sp³-hybridized carbons (Fsp3) is 0.300. The fourth-order valence-electron chi connectivity index (χ4n) is 1.77. The van der Waals surface area contributed by atoms with Crippen LogP contribution in [0.4, 0.5) is 0 Å². The fourth-order valence-corrected chi connectivity index (χ4v) is 1.77. The molecule has 0 radical (unpaired) electrons. The molecule has 6 heteroatoms. The summed E-state index contributed by atoms with van der Waals surface area (Å²) in [4.78, 5) is 11.3. The number of esters is 1. The van der Waals surface area contributed by atoms with Gasteiger partial charge in [0.1, 0.15) is 5.56 Å². The van der Waals surface area contributed by atoms with E-state index in [4.69, 9.17) is 4.74 Å². The summed E-state index contributed by atoms with van der Waals surface area (Å²) < 4.78 is 9.31. The molecule has 1 aromatic carbocycles. The molecule has 1 aliphatic heterocycles. The van der Waals surface area contributed by atoms with E-state index in [9.17, 15) is 20.1 Å². The molecule has 0 amide bonds. The summed E-state index contributed by atoms with van der Waals surface area (Å²) in [5.41, 5.74) is 0.142. The van der Waals surface area contributed by atoms with E-state index in [1.165, 1.54) is 14.0 Å². The molecule has 6 nitrogen and oxygen atoms in total. The van der Waals surface area contributed by atoms with Crippen molar-refractivity contribution in [3.05, 3.63) is 16.7 Å². The Balaban J connectivity index is 2.83. The Hall–Kier alpha value is -1.95. The second-order valence-corrected chi connectivity index (χ2v) is 3.40. The topological polar surface area (TPSA) is 96.2 Å². The van der Waals surface area contributed by atoms with Crippen molar-refractivity contribution in [3.63, 3.8) is 0 Å². The average Bonchev–Trinajstić information content (AvgIpc) is 2.52. The SMILES string of the molecule is COc1c(O)c(C)c2c(c1O)C(=O)O[C@H]2O. The van der Waals surface area contributed by atoms with Crippen molar-refractivity contribution in [1.29, 1.82) is 0 Å². The van der Waals surface area contributed by atoms with Crippen LogP contribution in [0.5, 0.6) is 17.2 Å². The molecule has 16 heavy (non-hydrogen) atoms. The highest BCUT2D eigenvalue weighted by Gasteiger charge is 2.38.